The van der Waals surface area contributed by atoms with Crippen molar-refractivity contribution in [2.75, 3.05) is 13.2 Å². The van der Waals surface area contributed by atoms with Crippen molar-refractivity contribution in [3.8, 4) is 11.5 Å². The fourth-order valence-corrected chi connectivity index (χ4v) is 3.79. The summed E-state index contributed by atoms with van der Waals surface area (Å²) in [7, 11) is 0. The Morgan fingerprint density at radius 2 is 1.29 bits per heavy atom. The Labute approximate surface area is 202 Å². The van der Waals surface area contributed by atoms with Gasteiger partial charge in [0.25, 0.3) is 0 Å². The minimum absolute atomic E-state index is 0.120. The molecule has 3 rings (SSSR count). The van der Waals surface area contributed by atoms with Crippen molar-refractivity contribution in [1.82, 2.24) is 0 Å². The second kappa shape index (κ2) is 11.9. The number of hydrogen-bond donors (Lipinski definition) is 8. The van der Waals surface area contributed by atoms with Crippen LogP contribution in [0.1, 0.15) is 19.4 Å². The molecular weight excluding hydrogens is 468 g/mol. The molecule has 2 aliphatic heterocycles. The van der Waals surface area contributed by atoms with E-state index in [2.05, 4.69) is 0 Å². The molecule has 12 nitrogen and oxygen atoms in total. The van der Waals surface area contributed by atoms with Gasteiger partial charge in [0.1, 0.15) is 60.3 Å². The van der Waals surface area contributed by atoms with E-state index in [-0.39, 0.29) is 11.5 Å². The quantitative estimate of drug-likeness (QED) is 0.175. The number of hydrogen-bond acceptors (Lipinski definition) is 12. The van der Waals surface area contributed by atoms with Gasteiger partial charge in [-0.15, -0.1) is 0 Å². The van der Waals surface area contributed by atoms with E-state index in [1.165, 1.54) is 6.07 Å². The third-order valence-electron chi connectivity index (χ3n) is 5.96. The van der Waals surface area contributed by atoms with Crippen LogP contribution in [0.3, 0.4) is 0 Å². The predicted molar refractivity (Wildman–Crippen MR) is 118 cm³/mol. The summed E-state index contributed by atoms with van der Waals surface area (Å²) in [4.78, 5) is 0. The maximum absolute atomic E-state index is 10.4. The van der Waals surface area contributed by atoms with Crippen LogP contribution < -0.4 is 9.47 Å². The highest BCUT2D eigenvalue weighted by atomic mass is 16.7. The lowest BCUT2D eigenvalue weighted by Crippen LogP contribution is -2.60. The van der Waals surface area contributed by atoms with Crippen LogP contribution in [0, 0.1) is 0 Å². The number of aliphatic hydroxyl groups excluding tert-OH is 8. The predicted octanol–water partition coefficient (Wildman–Crippen LogP) is -2.45. The molecule has 2 heterocycles. The van der Waals surface area contributed by atoms with Gasteiger partial charge >= 0.3 is 0 Å². The lowest BCUT2D eigenvalue weighted by molar-refractivity contribution is -0.278. The Kier molecular flexibility index (Phi) is 9.46. The molecule has 10 atom stereocenters. The summed E-state index contributed by atoms with van der Waals surface area (Å²) in [6, 6.07) is 4.62. The summed E-state index contributed by atoms with van der Waals surface area (Å²) in [5.74, 6) is 0.295. The minimum Gasteiger partial charge on any atom is -0.462 e. The van der Waals surface area contributed by atoms with Crippen molar-refractivity contribution in [3.63, 3.8) is 0 Å². The molecule has 0 saturated carbocycles. The van der Waals surface area contributed by atoms with E-state index in [1.807, 2.05) is 19.9 Å². The normalized spacial score (nSPS) is 37.5. The topological polar surface area (TPSA) is 199 Å². The van der Waals surface area contributed by atoms with E-state index >= 15 is 0 Å². The standard InChI is InChI=1S/C23H34O12/c1-10(2)3-4-11-5-6-12(32-22-20(30)18(28)16(26)14(8-24)34-22)7-13(11)33-23-21(31)19(29)17(27)15(9-25)35-23/h3,5-7,14-31H,4,8-9H2,1-2H3/t14-,15-,16-,17-,18+,19+,20-,21-,22-,23-/m1/s1. The fraction of sp³-hybridized carbons (Fsp3) is 0.652. The molecule has 2 aliphatic rings. The average Bonchev–Trinajstić information content (AvgIpc) is 2.84. The highest BCUT2D eigenvalue weighted by molar-refractivity contribution is 5.42. The molecule has 1 aromatic rings. The Morgan fingerprint density at radius 1 is 0.771 bits per heavy atom. The highest BCUT2D eigenvalue weighted by Crippen LogP contribution is 2.32. The molecule has 198 valence electrons. The second-order valence-corrected chi connectivity index (χ2v) is 8.89. The van der Waals surface area contributed by atoms with Crippen LogP contribution in [0.15, 0.2) is 29.8 Å². The maximum atomic E-state index is 10.4. The van der Waals surface area contributed by atoms with Gasteiger partial charge in [0, 0.05) is 6.07 Å². The molecule has 0 aromatic heterocycles. The summed E-state index contributed by atoms with van der Waals surface area (Å²) in [6.07, 6.45) is -12.4. The first kappa shape index (κ1) is 27.7. The van der Waals surface area contributed by atoms with Gasteiger partial charge in [0.15, 0.2) is 0 Å². The monoisotopic (exact) mass is 502 g/mol. The molecule has 0 unspecified atom stereocenters. The molecule has 0 aliphatic carbocycles. The summed E-state index contributed by atoms with van der Waals surface area (Å²) in [5, 5.41) is 79.4. The number of ether oxygens (including phenoxy) is 4. The zero-order chi connectivity index (χ0) is 25.9. The molecule has 12 heteroatoms. The second-order valence-electron chi connectivity index (χ2n) is 8.89. The molecule has 0 bridgehead atoms. The fourth-order valence-electron chi connectivity index (χ4n) is 3.79. The van der Waals surface area contributed by atoms with E-state index in [1.54, 1.807) is 12.1 Å². The van der Waals surface area contributed by atoms with E-state index < -0.39 is 74.6 Å². The molecule has 35 heavy (non-hydrogen) atoms. The average molecular weight is 503 g/mol. The van der Waals surface area contributed by atoms with Crippen molar-refractivity contribution >= 4 is 0 Å². The molecule has 2 saturated heterocycles. The molecule has 0 amide bonds. The number of allylic oxidation sites excluding steroid dienone is 2. The van der Waals surface area contributed by atoms with Gasteiger partial charge in [-0.3, -0.25) is 0 Å². The molecular formula is C23H34O12. The maximum Gasteiger partial charge on any atom is 0.229 e. The number of benzene rings is 1. The van der Waals surface area contributed by atoms with Crippen LogP contribution in [-0.2, 0) is 15.9 Å². The first-order valence-electron chi connectivity index (χ1n) is 11.3. The first-order valence-corrected chi connectivity index (χ1v) is 11.3. The van der Waals surface area contributed by atoms with Crippen molar-refractivity contribution in [2.24, 2.45) is 0 Å². The van der Waals surface area contributed by atoms with E-state index in [0.29, 0.717) is 12.0 Å². The SMILES string of the molecule is CC(C)=CCc1ccc(O[C@@H]2O[C@H](CO)[C@@H](O)[C@H](O)[C@H]2O)cc1O[C@@H]1O[C@H](CO)[C@@H](O)[C@H](O)[C@H]1O. The summed E-state index contributed by atoms with van der Waals surface area (Å²) >= 11 is 0. The molecule has 2 fully saturated rings. The van der Waals surface area contributed by atoms with Crippen LogP contribution in [0.25, 0.3) is 0 Å². The van der Waals surface area contributed by atoms with Crippen LogP contribution in [0.2, 0.25) is 0 Å². The third-order valence-corrected chi connectivity index (χ3v) is 5.96. The van der Waals surface area contributed by atoms with Crippen LogP contribution in [0.5, 0.6) is 11.5 Å². The Balaban J connectivity index is 1.86. The van der Waals surface area contributed by atoms with Crippen LogP contribution >= 0.6 is 0 Å². The van der Waals surface area contributed by atoms with Crippen molar-refractivity contribution in [1.29, 1.82) is 0 Å². The molecule has 0 spiro atoms. The van der Waals surface area contributed by atoms with Gasteiger partial charge in [-0.1, -0.05) is 17.7 Å². The van der Waals surface area contributed by atoms with Gasteiger partial charge in [-0.25, -0.2) is 0 Å². The Morgan fingerprint density at radius 3 is 1.77 bits per heavy atom. The zero-order valence-corrected chi connectivity index (χ0v) is 19.4. The zero-order valence-electron chi connectivity index (χ0n) is 19.4. The smallest absolute Gasteiger partial charge is 0.229 e. The van der Waals surface area contributed by atoms with Crippen LogP contribution in [-0.4, -0.2) is 115 Å². The van der Waals surface area contributed by atoms with Crippen molar-refractivity contribution < 1.29 is 59.8 Å². The van der Waals surface area contributed by atoms with Gasteiger partial charge < -0.3 is 59.8 Å². The lowest BCUT2D eigenvalue weighted by Gasteiger charge is -2.40. The third kappa shape index (κ3) is 6.30. The summed E-state index contributed by atoms with van der Waals surface area (Å²) in [5.41, 5.74) is 1.68. The molecule has 0 radical (unpaired) electrons. The van der Waals surface area contributed by atoms with Crippen molar-refractivity contribution in [3.05, 3.63) is 35.4 Å². The van der Waals surface area contributed by atoms with Gasteiger partial charge in [-0.05, 0) is 31.9 Å². The van der Waals surface area contributed by atoms with Crippen LogP contribution in [0.4, 0.5) is 0 Å². The van der Waals surface area contributed by atoms with Crippen molar-refractivity contribution in [2.45, 2.75) is 81.7 Å². The largest absolute Gasteiger partial charge is 0.462 e. The highest BCUT2D eigenvalue weighted by Gasteiger charge is 2.46. The molecule has 1 aromatic carbocycles. The number of aliphatic hydroxyl groups is 8. The molecule has 8 N–H and O–H groups in total. The minimum atomic E-state index is -1.63. The van der Waals surface area contributed by atoms with E-state index in [4.69, 9.17) is 18.9 Å². The Hall–Kier alpha value is -1.84. The number of rotatable bonds is 8. The van der Waals surface area contributed by atoms with Gasteiger partial charge in [0.05, 0.1) is 13.2 Å². The lowest BCUT2D eigenvalue weighted by atomic mass is 9.99. The van der Waals surface area contributed by atoms with Gasteiger partial charge in [0.2, 0.25) is 12.6 Å². The van der Waals surface area contributed by atoms with Gasteiger partial charge in [-0.2, -0.15) is 0 Å². The summed E-state index contributed by atoms with van der Waals surface area (Å²) in [6.45, 7) is 2.59. The summed E-state index contributed by atoms with van der Waals surface area (Å²) < 4.78 is 22.3. The van der Waals surface area contributed by atoms with E-state index in [9.17, 15) is 40.9 Å². The first-order chi connectivity index (χ1) is 16.6. The van der Waals surface area contributed by atoms with E-state index in [0.717, 1.165) is 5.57 Å². The Bertz CT molecular complexity index is 855.